The molecule has 17 heavy (non-hydrogen) atoms. The smallest absolute Gasteiger partial charge is 0.311 e. The molecule has 0 aliphatic carbocycles. The third kappa shape index (κ3) is 5.07. The number of rotatable bonds is 3. The van der Waals surface area contributed by atoms with Crippen molar-refractivity contribution in [1.82, 2.24) is 0 Å². The van der Waals surface area contributed by atoms with Crippen LogP contribution < -0.4 is 5.73 Å². The Morgan fingerprint density at radius 2 is 1.47 bits per heavy atom. The fourth-order valence-corrected chi connectivity index (χ4v) is 1.48. The van der Waals surface area contributed by atoms with Gasteiger partial charge in [0.15, 0.2) is 6.10 Å². The molecule has 0 spiro atoms. The lowest BCUT2D eigenvalue weighted by Crippen LogP contribution is -2.73. The topological polar surface area (TPSA) is 53.9 Å². The van der Waals surface area contributed by atoms with Crippen molar-refractivity contribution >= 4 is 5.97 Å². The molecule has 0 heterocycles. The van der Waals surface area contributed by atoms with E-state index in [1.807, 2.05) is 20.8 Å². The molecule has 0 fully saturated rings. The summed E-state index contributed by atoms with van der Waals surface area (Å²) in [6, 6.07) is 0.0915. The van der Waals surface area contributed by atoms with E-state index in [1.165, 1.54) is 0 Å². The molecule has 0 amide bonds. The van der Waals surface area contributed by atoms with Crippen molar-refractivity contribution in [3.8, 4) is 0 Å². The largest absolute Gasteiger partial charge is 0.455 e. The van der Waals surface area contributed by atoms with E-state index in [2.05, 4.69) is 40.4 Å². The van der Waals surface area contributed by atoms with Crippen molar-refractivity contribution in [2.24, 2.45) is 16.7 Å². The lowest BCUT2D eigenvalue weighted by Gasteiger charge is -2.34. The van der Waals surface area contributed by atoms with Crippen molar-refractivity contribution in [2.45, 2.75) is 67.5 Å². The molecule has 0 bridgehead atoms. The number of hydrogen-bond acceptors (Lipinski definition) is 2. The monoisotopic (exact) mass is 244 g/mol. The van der Waals surface area contributed by atoms with Crippen LogP contribution in [0.25, 0.3) is 0 Å². The van der Waals surface area contributed by atoms with Crippen LogP contribution in [0.4, 0.5) is 0 Å². The van der Waals surface area contributed by atoms with E-state index in [9.17, 15) is 4.79 Å². The van der Waals surface area contributed by atoms with Crippen LogP contribution in [-0.4, -0.2) is 18.1 Å². The van der Waals surface area contributed by atoms with Crippen molar-refractivity contribution in [3.05, 3.63) is 0 Å². The summed E-state index contributed by atoms with van der Waals surface area (Å²) < 4.78 is 5.66. The van der Waals surface area contributed by atoms with E-state index in [4.69, 9.17) is 4.74 Å². The maximum absolute atomic E-state index is 12.0. The van der Waals surface area contributed by atoms with Crippen molar-refractivity contribution < 1.29 is 15.3 Å². The van der Waals surface area contributed by atoms with Crippen LogP contribution in [0, 0.1) is 16.7 Å². The van der Waals surface area contributed by atoms with Gasteiger partial charge in [-0.2, -0.15) is 0 Å². The maximum Gasteiger partial charge on any atom is 0.311 e. The predicted molar refractivity (Wildman–Crippen MR) is 70.3 cm³/mol. The zero-order chi connectivity index (χ0) is 14.0. The van der Waals surface area contributed by atoms with E-state index in [1.54, 1.807) is 0 Å². The summed E-state index contributed by atoms with van der Waals surface area (Å²) in [6.45, 7) is 16.2. The Hall–Kier alpha value is -0.570. The first kappa shape index (κ1) is 16.4. The maximum atomic E-state index is 12.0. The second-order valence-corrected chi connectivity index (χ2v) is 7.34. The molecular weight excluding hydrogens is 214 g/mol. The second kappa shape index (κ2) is 5.38. The first-order chi connectivity index (χ1) is 7.37. The molecule has 0 saturated heterocycles. The zero-order valence-electron chi connectivity index (χ0n) is 12.8. The predicted octanol–water partition coefficient (Wildman–Crippen LogP) is 2.26. The third-order valence-corrected chi connectivity index (χ3v) is 3.02. The Kier molecular flexibility index (Phi) is 5.20. The molecule has 0 aliphatic heterocycles. The van der Waals surface area contributed by atoms with Crippen LogP contribution in [0.2, 0.25) is 0 Å². The minimum atomic E-state index is -0.454. The Bertz CT molecular complexity index is 258. The first-order valence-corrected chi connectivity index (χ1v) is 6.41. The van der Waals surface area contributed by atoms with Crippen molar-refractivity contribution in [2.75, 3.05) is 0 Å². The zero-order valence-corrected chi connectivity index (χ0v) is 12.8. The molecule has 0 radical (unpaired) electrons. The van der Waals surface area contributed by atoms with Crippen LogP contribution in [0.1, 0.15) is 55.4 Å². The van der Waals surface area contributed by atoms with Crippen LogP contribution in [0.15, 0.2) is 0 Å². The number of carbonyl (C=O) groups is 1. The Morgan fingerprint density at radius 1 is 1.06 bits per heavy atom. The molecule has 2 unspecified atom stereocenters. The fourth-order valence-electron chi connectivity index (χ4n) is 1.48. The van der Waals surface area contributed by atoms with Crippen molar-refractivity contribution in [3.63, 3.8) is 0 Å². The summed E-state index contributed by atoms with van der Waals surface area (Å²) in [4.78, 5) is 12.0. The van der Waals surface area contributed by atoms with Gasteiger partial charge in [0.1, 0.15) is 6.04 Å². The quantitative estimate of drug-likeness (QED) is 0.774. The standard InChI is InChI=1S/C14H29NO2/c1-9(2)10(11(15)13(3,4)5)17-12(16)14(6,7)8/h9-11H,15H2,1-8H3/p+1. The highest BCUT2D eigenvalue weighted by Gasteiger charge is 2.38. The van der Waals surface area contributed by atoms with E-state index < -0.39 is 5.41 Å². The summed E-state index contributed by atoms with van der Waals surface area (Å²) in [7, 11) is 0. The molecule has 102 valence electrons. The minimum absolute atomic E-state index is 0.0348. The fraction of sp³-hybridized carbons (Fsp3) is 0.929. The Balaban J connectivity index is 4.85. The van der Waals surface area contributed by atoms with Gasteiger partial charge in [-0.05, 0) is 26.7 Å². The van der Waals surface area contributed by atoms with Gasteiger partial charge in [0, 0.05) is 5.41 Å². The molecule has 0 aromatic rings. The highest BCUT2D eigenvalue weighted by Crippen LogP contribution is 2.26. The van der Waals surface area contributed by atoms with E-state index in [0.29, 0.717) is 0 Å². The lowest BCUT2D eigenvalue weighted by atomic mass is 9.80. The van der Waals surface area contributed by atoms with Gasteiger partial charge in [-0.3, -0.25) is 4.79 Å². The molecule has 3 N–H and O–H groups in total. The van der Waals surface area contributed by atoms with Gasteiger partial charge in [-0.25, -0.2) is 0 Å². The van der Waals surface area contributed by atoms with E-state index in [0.717, 1.165) is 0 Å². The van der Waals surface area contributed by atoms with E-state index in [-0.39, 0.29) is 29.4 Å². The Morgan fingerprint density at radius 3 is 1.71 bits per heavy atom. The molecule has 3 heteroatoms. The highest BCUT2D eigenvalue weighted by molar-refractivity contribution is 5.75. The van der Waals surface area contributed by atoms with Gasteiger partial charge >= 0.3 is 5.97 Å². The SMILES string of the molecule is CC(C)C(OC(=O)C(C)(C)C)C([NH3+])C(C)(C)C. The van der Waals surface area contributed by atoms with Gasteiger partial charge < -0.3 is 10.5 Å². The minimum Gasteiger partial charge on any atom is -0.455 e. The molecule has 0 aromatic heterocycles. The van der Waals surface area contributed by atoms with Crippen LogP contribution in [0.3, 0.4) is 0 Å². The van der Waals surface area contributed by atoms with E-state index >= 15 is 0 Å². The van der Waals surface area contributed by atoms with Crippen LogP contribution in [-0.2, 0) is 9.53 Å². The molecule has 2 atom stereocenters. The second-order valence-electron chi connectivity index (χ2n) is 7.34. The summed E-state index contributed by atoms with van der Waals surface area (Å²) in [5, 5.41) is 0. The summed E-state index contributed by atoms with van der Waals surface area (Å²) in [5.41, 5.74) is 3.77. The summed E-state index contributed by atoms with van der Waals surface area (Å²) >= 11 is 0. The van der Waals surface area contributed by atoms with Gasteiger partial charge in [-0.15, -0.1) is 0 Å². The lowest BCUT2D eigenvalue weighted by molar-refractivity contribution is -0.463. The van der Waals surface area contributed by atoms with Crippen LogP contribution in [0.5, 0.6) is 0 Å². The van der Waals surface area contributed by atoms with Gasteiger partial charge in [-0.1, -0.05) is 34.6 Å². The molecule has 0 saturated carbocycles. The highest BCUT2D eigenvalue weighted by atomic mass is 16.5. The van der Waals surface area contributed by atoms with Crippen LogP contribution >= 0.6 is 0 Å². The summed E-state index contributed by atoms with van der Waals surface area (Å²) in [5.74, 6) is 0.136. The molecule has 3 nitrogen and oxygen atoms in total. The average Bonchev–Trinajstić information content (AvgIpc) is 2.08. The Labute approximate surface area is 106 Å². The van der Waals surface area contributed by atoms with Gasteiger partial charge in [0.05, 0.1) is 5.41 Å². The molecule has 0 aliphatic rings. The first-order valence-electron chi connectivity index (χ1n) is 6.41. The van der Waals surface area contributed by atoms with Crippen molar-refractivity contribution in [1.29, 1.82) is 0 Å². The molecule has 0 aromatic carbocycles. The number of quaternary nitrogens is 1. The summed E-state index contributed by atoms with van der Waals surface area (Å²) in [6.07, 6.45) is -0.123. The average molecular weight is 244 g/mol. The third-order valence-electron chi connectivity index (χ3n) is 3.02. The molecule has 0 rings (SSSR count). The van der Waals surface area contributed by atoms with Gasteiger partial charge in [0.25, 0.3) is 0 Å². The number of carbonyl (C=O) groups excluding carboxylic acids is 1. The number of esters is 1. The van der Waals surface area contributed by atoms with Gasteiger partial charge in [0.2, 0.25) is 0 Å². The number of hydrogen-bond donors (Lipinski definition) is 1. The molecular formula is C14H30NO2+. The number of ether oxygens (including phenoxy) is 1. The normalized spacial score (nSPS) is 16.8.